The highest BCUT2D eigenvalue weighted by Gasteiger charge is 2.26. The Morgan fingerprint density at radius 3 is 2.11 bits per heavy atom. The van der Waals surface area contributed by atoms with Gasteiger partial charge in [-0.2, -0.15) is 0 Å². The zero-order chi connectivity index (χ0) is 21.1. The number of carbonyl (C=O) groups is 3. The van der Waals surface area contributed by atoms with Gasteiger partial charge in [0.15, 0.2) is 0 Å². The molecule has 1 aliphatic heterocycles. The Morgan fingerprint density at radius 1 is 1.11 bits per heavy atom. The first-order valence-electron chi connectivity index (χ1n) is 8.37. The monoisotopic (exact) mass is 392 g/mol. The second kappa shape index (κ2) is 11.5. The fourth-order valence-corrected chi connectivity index (χ4v) is 2.26. The molecule has 1 saturated heterocycles. The normalized spacial score (nSPS) is 17.4. The lowest BCUT2D eigenvalue weighted by Crippen LogP contribution is -2.42. The maximum Gasteiger partial charge on any atom is 0.300 e. The van der Waals surface area contributed by atoms with E-state index in [4.69, 9.17) is 19.8 Å². The van der Waals surface area contributed by atoms with Crippen LogP contribution in [-0.2, 0) is 9.59 Å². The number of amides is 1. The molecule has 0 spiro atoms. The minimum absolute atomic E-state index is 0.171. The topological polar surface area (TPSA) is 154 Å². The van der Waals surface area contributed by atoms with Gasteiger partial charge in [-0.25, -0.2) is 4.98 Å². The van der Waals surface area contributed by atoms with Crippen molar-refractivity contribution in [3.8, 4) is 5.69 Å². The molecular formula is C18H24N4O6. The third kappa shape index (κ3) is 8.43. The van der Waals surface area contributed by atoms with Crippen LogP contribution in [0.5, 0.6) is 0 Å². The highest BCUT2D eigenvalue weighted by molar-refractivity contribution is 5.94. The fourth-order valence-electron chi connectivity index (χ4n) is 2.26. The van der Waals surface area contributed by atoms with Gasteiger partial charge in [0.25, 0.3) is 17.8 Å². The second-order valence-electron chi connectivity index (χ2n) is 5.86. The molecule has 1 aromatic heterocycles. The number of imidazole rings is 1. The Balaban J connectivity index is 0.000000420. The van der Waals surface area contributed by atoms with Crippen molar-refractivity contribution in [2.45, 2.75) is 26.0 Å². The molecule has 0 radical (unpaired) electrons. The molecule has 0 saturated carbocycles. The van der Waals surface area contributed by atoms with Gasteiger partial charge in [-0.1, -0.05) is 0 Å². The predicted molar refractivity (Wildman–Crippen MR) is 100 cm³/mol. The van der Waals surface area contributed by atoms with Crippen molar-refractivity contribution in [3.05, 3.63) is 48.5 Å². The zero-order valence-corrected chi connectivity index (χ0v) is 15.6. The Labute approximate surface area is 161 Å². The summed E-state index contributed by atoms with van der Waals surface area (Å²) < 4.78 is 1.87. The second-order valence-corrected chi connectivity index (χ2v) is 5.86. The molecule has 1 amide bonds. The number of aliphatic hydroxyl groups excluding tert-OH is 1. The first-order chi connectivity index (χ1) is 13.2. The van der Waals surface area contributed by atoms with E-state index in [0.717, 1.165) is 19.5 Å². The fraction of sp³-hybridized carbons (Fsp3) is 0.333. The number of aliphatic hydroxyl groups is 1. The van der Waals surface area contributed by atoms with E-state index in [2.05, 4.69) is 15.6 Å². The Kier molecular flexibility index (Phi) is 9.34. The lowest BCUT2D eigenvalue weighted by molar-refractivity contribution is -0.135. The van der Waals surface area contributed by atoms with Crippen LogP contribution in [0.25, 0.3) is 5.69 Å². The number of carboxylic acids is 2. The predicted octanol–water partition coefficient (Wildman–Crippen LogP) is 0.117. The molecule has 0 unspecified atom stereocenters. The van der Waals surface area contributed by atoms with Crippen LogP contribution in [0, 0.1) is 0 Å². The number of carboxylic acid groups (broad SMARTS) is 2. The van der Waals surface area contributed by atoms with E-state index in [1.54, 1.807) is 24.7 Å². The molecule has 2 atom stereocenters. The van der Waals surface area contributed by atoms with E-state index in [1.165, 1.54) is 0 Å². The van der Waals surface area contributed by atoms with Crippen LogP contribution in [0.4, 0.5) is 0 Å². The van der Waals surface area contributed by atoms with E-state index in [9.17, 15) is 9.90 Å². The van der Waals surface area contributed by atoms with Crippen molar-refractivity contribution in [2.24, 2.45) is 0 Å². The van der Waals surface area contributed by atoms with Crippen LogP contribution in [0.1, 0.15) is 24.2 Å². The van der Waals surface area contributed by atoms with Crippen molar-refractivity contribution in [1.29, 1.82) is 0 Å². The summed E-state index contributed by atoms with van der Waals surface area (Å²) in [5.74, 6) is -1.84. The summed E-state index contributed by atoms with van der Waals surface area (Å²) >= 11 is 0. The number of hydrogen-bond acceptors (Lipinski definition) is 6. The molecule has 0 bridgehead atoms. The lowest BCUT2D eigenvalue weighted by Gasteiger charge is -2.15. The molecule has 1 fully saturated rings. The number of nitrogens with zero attached hydrogens (tertiary/aromatic N) is 2. The van der Waals surface area contributed by atoms with Gasteiger partial charge in [-0.15, -0.1) is 0 Å². The minimum atomic E-state index is -0.833. The number of nitrogens with one attached hydrogen (secondary N) is 2. The standard InChI is InChI=1S/C14H16N4O2.2C2H4O2/c19-13-8-16-7-12(13)17-14(20)10-1-3-11(4-2-10)18-6-5-15-9-18;2*1-2(3)4/h1-6,9,12-13,16,19H,7-8H2,(H,17,20);2*1H3,(H,3,4)/t12-,13-;;/m1../s1. The third-order valence-corrected chi connectivity index (χ3v) is 3.43. The van der Waals surface area contributed by atoms with Crippen LogP contribution in [0.3, 0.4) is 0 Å². The Hall–Kier alpha value is -3.24. The molecule has 0 aliphatic carbocycles. The van der Waals surface area contributed by atoms with Crippen LogP contribution in [-0.4, -0.2) is 68.0 Å². The Morgan fingerprint density at radius 2 is 1.68 bits per heavy atom. The van der Waals surface area contributed by atoms with E-state index >= 15 is 0 Å². The molecule has 5 N–H and O–H groups in total. The van der Waals surface area contributed by atoms with Crippen molar-refractivity contribution in [3.63, 3.8) is 0 Å². The summed E-state index contributed by atoms with van der Waals surface area (Å²) in [6, 6.07) is 7.02. The molecule has 1 aromatic carbocycles. The quantitative estimate of drug-likeness (QED) is 0.493. The van der Waals surface area contributed by atoms with Crippen molar-refractivity contribution in [1.82, 2.24) is 20.2 Å². The van der Waals surface area contributed by atoms with Crippen molar-refractivity contribution >= 4 is 17.8 Å². The first kappa shape index (κ1) is 22.8. The van der Waals surface area contributed by atoms with E-state index < -0.39 is 18.0 Å². The maximum atomic E-state index is 12.1. The smallest absolute Gasteiger partial charge is 0.300 e. The number of rotatable bonds is 3. The molecule has 2 heterocycles. The van der Waals surface area contributed by atoms with Gasteiger partial charge < -0.3 is 30.5 Å². The summed E-state index contributed by atoms with van der Waals surface area (Å²) in [4.78, 5) is 34.1. The molecule has 10 nitrogen and oxygen atoms in total. The van der Waals surface area contributed by atoms with Crippen LogP contribution in [0.2, 0.25) is 0 Å². The summed E-state index contributed by atoms with van der Waals surface area (Å²) in [6.07, 6.45) is 4.73. The average molecular weight is 392 g/mol. The first-order valence-corrected chi connectivity index (χ1v) is 8.37. The number of aliphatic carboxylic acids is 2. The third-order valence-electron chi connectivity index (χ3n) is 3.43. The van der Waals surface area contributed by atoms with Crippen LogP contribution < -0.4 is 10.6 Å². The van der Waals surface area contributed by atoms with E-state index in [0.29, 0.717) is 18.7 Å². The van der Waals surface area contributed by atoms with E-state index in [-0.39, 0.29) is 11.9 Å². The molecule has 152 valence electrons. The molecule has 28 heavy (non-hydrogen) atoms. The lowest BCUT2D eigenvalue weighted by atomic mass is 10.1. The number of β-amino-alcohol motifs (C(OH)–C–C–N with tert-alkyl or cyclic N) is 1. The average Bonchev–Trinajstić information content (AvgIpc) is 3.27. The number of aromatic nitrogens is 2. The van der Waals surface area contributed by atoms with Crippen molar-refractivity contribution in [2.75, 3.05) is 13.1 Å². The number of carbonyl (C=O) groups excluding carboxylic acids is 1. The molecule has 3 rings (SSSR count). The molecule has 1 aliphatic rings. The SMILES string of the molecule is CC(=O)O.CC(=O)O.O=C(N[C@@H]1CNC[C@H]1O)c1ccc(-n2ccnc2)cc1. The van der Waals surface area contributed by atoms with Gasteiger partial charge >= 0.3 is 0 Å². The van der Waals surface area contributed by atoms with Crippen LogP contribution in [0.15, 0.2) is 43.0 Å². The summed E-state index contributed by atoms with van der Waals surface area (Å²) in [6.45, 7) is 3.28. The summed E-state index contributed by atoms with van der Waals surface area (Å²) in [5.41, 5.74) is 1.52. The summed E-state index contributed by atoms with van der Waals surface area (Å²) in [5, 5.41) is 30.4. The Bertz CT molecular complexity index is 741. The summed E-state index contributed by atoms with van der Waals surface area (Å²) in [7, 11) is 0. The van der Waals surface area contributed by atoms with Crippen molar-refractivity contribution < 1.29 is 29.7 Å². The zero-order valence-electron chi connectivity index (χ0n) is 15.6. The number of hydrogen-bond donors (Lipinski definition) is 5. The minimum Gasteiger partial charge on any atom is -0.481 e. The maximum absolute atomic E-state index is 12.1. The highest BCUT2D eigenvalue weighted by Crippen LogP contribution is 2.10. The highest BCUT2D eigenvalue weighted by atomic mass is 16.4. The van der Waals surface area contributed by atoms with Crippen LogP contribution >= 0.6 is 0 Å². The van der Waals surface area contributed by atoms with Gasteiger partial charge in [0.1, 0.15) is 0 Å². The molecular weight excluding hydrogens is 368 g/mol. The van der Waals surface area contributed by atoms with Gasteiger partial charge in [0, 0.05) is 50.6 Å². The largest absolute Gasteiger partial charge is 0.481 e. The number of benzene rings is 1. The van der Waals surface area contributed by atoms with Gasteiger partial charge in [0.05, 0.1) is 18.5 Å². The van der Waals surface area contributed by atoms with E-state index in [1.807, 2.05) is 22.9 Å². The molecule has 10 heteroatoms. The molecule has 2 aromatic rings. The van der Waals surface area contributed by atoms with Gasteiger partial charge in [-0.05, 0) is 24.3 Å². The van der Waals surface area contributed by atoms with Gasteiger partial charge in [0.2, 0.25) is 0 Å². The van der Waals surface area contributed by atoms with Gasteiger partial charge in [-0.3, -0.25) is 14.4 Å².